The van der Waals surface area contributed by atoms with Gasteiger partial charge < -0.3 is 4.74 Å². The van der Waals surface area contributed by atoms with E-state index in [9.17, 15) is 22.9 Å². The molecule has 0 fully saturated rings. The summed E-state index contributed by atoms with van der Waals surface area (Å²) < 4.78 is 46.8. The Labute approximate surface area is 170 Å². The molecule has 0 saturated carbocycles. The van der Waals surface area contributed by atoms with Gasteiger partial charge in [-0.3, -0.25) is 4.31 Å². The van der Waals surface area contributed by atoms with Crippen LogP contribution in [0.4, 0.5) is 4.39 Å². The van der Waals surface area contributed by atoms with Crippen LogP contribution in [0.15, 0.2) is 57.4 Å². The predicted molar refractivity (Wildman–Crippen MR) is 102 cm³/mol. The molecule has 0 amide bonds. The number of nitrogens with zero attached hydrogens (tertiary/aromatic N) is 2. The van der Waals surface area contributed by atoms with Crippen LogP contribution in [0.3, 0.4) is 0 Å². The highest BCUT2D eigenvalue weighted by molar-refractivity contribution is 9.10. The van der Waals surface area contributed by atoms with Crippen LogP contribution in [0, 0.1) is 17.1 Å². The fourth-order valence-electron chi connectivity index (χ4n) is 2.89. The van der Waals surface area contributed by atoms with Gasteiger partial charge in [-0.05, 0) is 25.1 Å². The summed E-state index contributed by atoms with van der Waals surface area (Å²) in [6.07, 6.45) is 0. The van der Waals surface area contributed by atoms with Gasteiger partial charge in [-0.2, -0.15) is 5.26 Å². The third-order valence-corrected chi connectivity index (χ3v) is 6.41. The Hall–Kier alpha value is -2.70. The second-order valence-electron chi connectivity index (χ2n) is 5.80. The van der Waals surface area contributed by atoms with E-state index in [1.165, 1.54) is 30.3 Å². The van der Waals surface area contributed by atoms with Gasteiger partial charge in [0.15, 0.2) is 5.57 Å². The van der Waals surface area contributed by atoms with E-state index in [0.29, 0.717) is 4.47 Å². The topological polar surface area (TPSA) is 87.5 Å². The van der Waals surface area contributed by atoms with Crippen LogP contribution in [-0.4, -0.2) is 25.3 Å². The van der Waals surface area contributed by atoms with Crippen LogP contribution in [0.2, 0.25) is 0 Å². The molecule has 0 aliphatic carbocycles. The summed E-state index contributed by atoms with van der Waals surface area (Å²) in [4.78, 5) is 12.2. The minimum Gasteiger partial charge on any atom is -0.462 e. The summed E-state index contributed by atoms with van der Waals surface area (Å²) in [7, 11) is -4.09. The van der Waals surface area contributed by atoms with E-state index in [2.05, 4.69) is 15.9 Å². The van der Waals surface area contributed by atoms with Crippen LogP contribution in [0.25, 0.3) is 5.70 Å². The van der Waals surface area contributed by atoms with Crippen molar-refractivity contribution >= 4 is 37.6 Å². The number of fused-ring (bicyclic) bond motifs is 1. The average Bonchev–Trinajstić information content (AvgIpc) is 2.86. The molecule has 144 valence electrons. The molecule has 1 aliphatic heterocycles. The van der Waals surface area contributed by atoms with E-state index in [1.54, 1.807) is 25.1 Å². The van der Waals surface area contributed by atoms with Gasteiger partial charge in [-0.1, -0.05) is 40.2 Å². The molecule has 1 aliphatic rings. The standard InChI is InChI=1S/C19H14BrFN2O4S/c1-2-27-19(24)15(10-22)18-14-5-3-4-6-17(14)28(25,26)23(18)11-12-7-8-13(20)9-16(12)21/h3-9H,2,11H2,1H3/b18-15-. The Morgan fingerprint density at radius 3 is 2.64 bits per heavy atom. The second-order valence-corrected chi connectivity index (χ2v) is 8.55. The van der Waals surface area contributed by atoms with E-state index < -0.39 is 27.4 Å². The lowest BCUT2D eigenvalue weighted by Gasteiger charge is -2.20. The van der Waals surface area contributed by atoms with Crippen LogP contribution >= 0.6 is 15.9 Å². The minimum absolute atomic E-state index is 0.0209. The van der Waals surface area contributed by atoms with Gasteiger partial charge in [0.1, 0.15) is 11.9 Å². The van der Waals surface area contributed by atoms with Crippen molar-refractivity contribution in [3.8, 4) is 6.07 Å². The van der Waals surface area contributed by atoms with Crippen LogP contribution in [0.1, 0.15) is 18.1 Å². The van der Waals surface area contributed by atoms with Gasteiger partial charge >= 0.3 is 5.97 Å². The minimum atomic E-state index is -4.09. The highest BCUT2D eigenvalue weighted by Gasteiger charge is 2.41. The highest BCUT2D eigenvalue weighted by Crippen LogP contribution is 2.41. The molecule has 2 aromatic rings. The second kappa shape index (κ2) is 7.73. The van der Waals surface area contributed by atoms with Crippen molar-refractivity contribution < 1.29 is 22.3 Å². The van der Waals surface area contributed by atoms with E-state index in [4.69, 9.17) is 4.74 Å². The van der Waals surface area contributed by atoms with Gasteiger partial charge in [-0.25, -0.2) is 17.6 Å². The maximum Gasteiger partial charge on any atom is 0.351 e. The number of carbonyl (C=O) groups excluding carboxylic acids is 1. The number of ether oxygens (including phenoxy) is 1. The maximum atomic E-state index is 14.3. The van der Waals surface area contributed by atoms with Gasteiger partial charge in [-0.15, -0.1) is 0 Å². The van der Waals surface area contributed by atoms with E-state index in [-0.39, 0.29) is 34.9 Å². The average molecular weight is 465 g/mol. The Balaban J connectivity index is 2.24. The zero-order valence-corrected chi connectivity index (χ0v) is 17.0. The number of benzene rings is 2. The molecule has 3 rings (SSSR count). The zero-order chi connectivity index (χ0) is 20.5. The number of nitriles is 1. The van der Waals surface area contributed by atoms with Crippen molar-refractivity contribution in [2.24, 2.45) is 0 Å². The summed E-state index contributed by atoms with van der Waals surface area (Å²) in [5, 5.41) is 9.54. The molecular formula is C19H14BrFN2O4S. The van der Waals surface area contributed by atoms with Crippen molar-refractivity contribution in [2.75, 3.05) is 6.61 Å². The van der Waals surface area contributed by atoms with E-state index in [0.717, 1.165) is 4.31 Å². The van der Waals surface area contributed by atoms with Crippen molar-refractivity contribution in [2.45, 2.75) is 18.4 Å². The first-order valence-electron chi connectivity index (χ1n) is 8.18. The largest absolute Gasteiger partial charge is 0.462 e. The first-order valence-corrected chi connectivity index (χ1v) is 10.4. The Bertz CT molecular complexity index is 1140. The number of sulfonamides is 1. The lowest BCUT2D eigenvalue weighted by atomic mass is 10.1. The lowest BCUT2D eigenvalue weighted by Crippen LogP contribution is -2.26. The Morgan fingerprint density at radius 1 is 1.29 bits per heavy atom. The van der Waals surface area contributed by atoms with E-state index >= 15 is 0 Å². The molecule has 1 heterocycles. The molecule has 0 unspecified atom stereocenters. The lowest BCUT2D eigenvalue weighted by molar-refractivity contribution is -0.137. The van der Waals surface area contributed by atoms with Gasteiger partial charge in [0.2, 0.25) is 0 Å². The molecule has 0 atom stereocenters. The summed E-state index contributed by atoms with van der Waals surface area (Å²) in [6, 6.07) is 12.0. The predicted octanol–water partition coefficient (Wildman–Crippen LogP) is 3.59. The van der Waals surface area contributed by atoms with Crippen LogP contribution < -0.4 is 0 Å². The molecule has 0 bridgehead atoms. The Kier molecular flexibility index (Phi) is 5.54. The van der Waals surface area contributed by atoms with Crippen LogP contribution in [0.5, 0.6) is 0 Å². The maximum absolute atomic E-state index is 14.3. The highest BCUT2D eigenvalue weighted by atomic mass is 79.9. The monoisotopic (exact) mass is 464 g/mol. The van der Waals surface area contributed by atoms with Crippen molar-refractivity contribution in [3.05, 3.63) is 69.5 Å². The first kappa shape index (κ1) is 20.0. The molecule has 0 radical (unpaired) electrons. The third kappa shape index (κ3) is 3.41. The zero-order valence-electron chi connectivity index (χ0n) is 14.6. The quantitative estimate of drug-likeness (QED) is 0.391. The number of halogens is 2. The molecular weight excluding hydrogens is 451 g/mol. The van der Waals surface area contributed by atoms with Crippen molar-refractivity contribution in [1.82, 2.24) is 4.31 Å². The van der Waals surface area contributed by atoms with E-state index in [1.807, 2.05) is 0 Å². The van der Waals surface area contributed by atoms with Gasteiger partial charge in [0, 0.05) is 15.6 Å². The molecule has 0 aromatic heterocycles. The van der Waals surface area contributed by atoms with Crippen molar-refractivity contribution in [1.29, 1.82) is 5.26 Å². The summed E-state index contributed by atoms with van der Waals surface area (Å²) >= 11 is 3.15. The van der Waals surface area contributed by atoms with Crippen molar-refractivity contribution in [3.63, 3.8) is 0 Å². The van der Waals surface area contributed by atoms with Gasteiger partial charge in [0.05, 0.1) is 23.7 Å². The number of hydrogen-bond donors (Lipinski definition) is 0. The third-order valence-electron chi connectivity index (χ3n) is 4.12. The fraction of sp³-hybridized carbons (Fsp3) is 0.158. The molecule has 9 heteroatoms. The summed E-state index contributed by atoms with van der Waals surface area (Å²) in [5.74, 6) is -1.55. The molecule has 28 heavy (non-hydrogen) atoms. The normalized spacial score (nSPS) is 16.3. The smallest absolute Gasteiger partial charge is 0.351 e. The molecule has 0 saturated heterocycles. The van der Waals surface area contributed by atoms with Gasteiger partial charge in [0.25, 0.3) is 10.0 Å². The molecule has 0 N–H and O–H groups in total. The summed E-state index contributed by atoms with van der Waals surface area (Å²) in [6.45, 7) is 1.22. The molecule has 2 aromatic carbocycles. The molecule has 6 nitrogen and oxygen atoms in total. The van der Waals surface area contributed by atoms with Crippen LogP contribution in [-0.2, 0) is 26.1 Å². The molecule has 0 spiro atoms. The SMILES string of the molecule is CCOC(=O)/C(C#N)=C1/c2ccccc2S(=O)(=O)N1Cc1ccc(Br)cc1F. The fourth-order valence-corrected chi connectivity index (χ4v) is 4.89. The number of esters is 1. The Morgan fingerprint density at radius 2 is 2.00 bits per heavy atom. The summed E-state index contributed by atoms with van der Waals surface area (Å²) in [5.41, 5.74) is -0.269. The first-order chi connectivity index (χ1) is 13.3. The number of rotatable bonds is 4. The number of hydrogen-bond acceptors (Lipinski definition) is 5. The number of carbonyl (C=O) groups is 1.